The number of hydrogen-bond acceptors (Lipinski definition) is 23. The average molecular weight is 832 g/mol. The number of aromatic amines is 1. The van der Waals surface area contributed by atoms with Crippen molar-refractivity contribution in [1.29, 1.82) is 0 Å². The number of para-hydroxylation sites is 2. The van der Waals surface area contributed by atoms with Gasteiger partial charge in [0.1, 0.15) is 31.6 Å². The predicted octanol–water partition coefficient (Wildman–Crippen LogP) is 3.12. The minimum Gasteiger partial charge on any atom is -0.493 e. The maximum absolute atomic E-state index is 13.7. The Labute approximate surface area is 328 Å². The average Bonchev–Trinajstić information content (AvgIpc) is 3.75. The number of carbonyl (C=O) groups is 1. The van der Waals surface area contributed by atoms with Gasteiger partial charge in [-0.25, -0.2) is 29.5 Å². The first-order valence-corrected chi connectivity index (χ1v) is 18.4. The molecular weight excluding hydrogens is 794 g/mol. The Morgan fingerprint density at radius 1 is 0.948 bits per heavy atom. The Bertz CT molecular complexity index is 2180. The smallest absolute Gasteiger partial charge is 0.493 e. The number of nitrogens with zero attached hydrogens (tertiary/aromatic N) is 9. The maximum Gasteiger partial charge on any atom is 0.508 e. The zero-order valence-corrected chi connectivity index (χ0v) is 31.4. The zero-order chi connectivity index (χ0) is 41.5. The van der Waals surface area contributed by atoms with E-state index in [4.69, 9.17) is 44.5 Å². The Morgan fingerprint density at radius 2 is 1.74 bits per heavy atom. The molecule has 310 valence electrons. The molecule has 58 heavy (non-hydrogen) atoms. The molecule has 6 N–H and O–H groups in total. The van der Waals surface area contributed by atoms with Gasteiger partial charge in [-0.2, -0.15) is 13.4 Å². The summed E-state index contributed by atoms with van der Waals surface area (Å²) in [6, 6.07) is 12.5. The lowest BCUT2D eigenvalue weighted by molar-refractivity contribution is -0.527. The van der Waals surface area contributed by atoms with Crippen molar-refractivity contribution in [3.63, 3.8) is 0 Å². The second-order valence-electron chi connectivity index (χ2n) is 11.6. The molecule has 0 aliphatic rings. The number of aromatic nitrogens is 8. The van der Waals surface area contributed by atoms with Gasteiger partial charge in [-0.1, -0.05) is 18.2 Å². The number of ether oxygens (including phenoxy) is 5. The Hall–Kier alpha value is -6.23. The molecule has 1 aromatic carbocycles. The van der Waals surface area contributed by atoms with E-state index in [9.17, 15) is 13.2 Å². The Kier molecular flexibility index (Phi) is 15.4. The molecule has 0 aliphatic heterocycles. The SMILES string of the molecule is COc1ccccc1Oc1c(NS(=O)(=O)c2ccc(C)cn2)nc(-c2ccnc(-c3nnn[nH]3)c2)nc1OCCOC(=O)OCCCCC(CON(O)O)ON(O)O. The van der Waals surface area contributed by atoms with Crippen LogP contribution in [-0.2, 0) is 29.2 Å². The van der Waals surface area contributed by atoms with Crippen LogP contribution in [0.2, 0.25) is 0 Å². The number of nitrogens with one attached hydrogen (secondary N) is 2. The number of benzene rings is 1. The summed E-state index contributed by atoms with van der Waals surface area (Å²) in [7, 11) is -2.98. The van der Waals surface area contributed by atoms with E-state index < -0.39 is 39.7 Å². The molecule has 25 nitrogen and oxygen atoms in total. The molecular formula is C32H37N11O14S. The van der Waals surface area contributed by atoms with Gasteiger partial charge in [-0.3, -0.25) is 30.5 Å². The van der Waals surface area contributed by atoms with E-state index in [1.54, 1.807) is 49.4 Å². The lowest BCUT2D eigenvalue weighted by Gasteiger charge is -2.19. The summed E-state index contributed by atoms with van der Waals surface area (Å²) < 4.78 is 57.6. The van der Waals surface area contributed by atoms with Crippen LogP contribution in [0.3, 0.4) is 0 Å². The molecule has 0 amide bonds. The van der Waals surface area contributed by atoms with Gasteiger partial charge >= 0.3 is 6.16 Å². The third kappa shape index (κ3) is 12.6. The number of aryl methyl sites for hydroxylation is 1. The highest BCUT2D eigenvalue weighted by atomic mass is 32.2. The van der Waals surface area contributed by atoms with E-state index in [0.717, 1.165) is 5.56 Å². The minimum absolute atomic E-state index is 0.0525. The molecule has 4 heterocycles. The summed E-state index contributed by atoms with van der Waals surface area (Å²) in [5.74, 6) is -0.328. The van der Waals surface area contributed by atoms with Crippen molar-refractivity contribution in [2.24, 2.45) is 0 Å². The highest BCUT2D eigenvalue weighted by Gasteiger charge is 2.26. The molecule has 0 radical (unpaired) electrons. The first kappa shape index (κ1) is 42.9. The highest BCUT2D eigenvalue weighted by Crippen LogP contribution is 2.41. The zero-order valence-electron chi connectivity index (χ0n) is 30.6. The van der Waals surface area contributed by atoms with Crippen LogP contribution in [0, 0.1) is 6.92 Å². The largest absolute Gasteiger partial charge is 0.508 e. The standard InChI is InChI=1S/C32H37N11O14S/c1-20-10-11-26(34-18-20)58(49,50)39-30-27(56-25-9-4-3-8-24(25)51-2)31(36-28(35-30)21-12-13-33-23(17-21)29-37-40-41-38-29)52-15-16-54-32(44)53-14-6-5-7-22(57-43(47)48)19-55-42(45)46/h3-4,8-13,17-18,22,45-48H,5-7,14-16,19H2,1-2H3,(H,35,36,39)(H,37,38,40,41). The second kappa shape index (κ2) is 20.8. The summed E-state index contributed by atoms with van der Waals surface area (Å²) in [6.45, 7) is 0.490. The molecule has 26 heteroatoms. The van der Waals surface area contributed by atoms with Gasteiger partial charge in [0.15, 0.2) is 34.0 Å². The molecule has 1 unspecified atom stereocenters. The molecule has 5 aromatic rings. The van der Waals surface area contributed by atoms with Crippen LogP contribution < -0.4 is 18.9 Å². The molecule has 0 fully saturated rings. The van der Waals surface area contributed by atoms with E-state index in [2.05, 4.69) is 55.0 Å². The van der Waals surface area contributed by atoms with E-state index in [0.29, 0.717) is 17.7 Å². The Balaban J connectivity index is 1.36. The summed E-state index contributed by atoms with van der Waals surface area (Å²) in [4.78, 5) is 38.8. The monoisotopic (exact) mass is 831 g/mol. The Morgan fingerprint density at radius 3 is 2.45 bits per heavy atom. The lowest BCUT2D eigenvalue weighted by atomic mass is 10.2. The van der Waals surface area contributed by atoms with Crippen LogP contribution in [0.1, 0.15) is 24.8 Å². The molecule has 0 saturated heterocycles. The molecule has 4 aromatic heterocycles. The van der Waals surface area contributed by atoms with Crippen molar-refractivity contribution in [1.82, 2.24) is 51.3 Å². The fourth-order valence-electron chi connectivity index (χ4n) is 4.77. The number of methoxy groups -OCH3 is 1. The van der Waals surface area contributed by atoms with E-state index in [1.165, 1.54) is 25.6 Å². The van der Waals surface area contributed by atoms with Crippen LogP contribution >= 0.6 is 0 Å². The number of H-pyrrole nitrogens is 1. The van der Waals surface area contributed by atoms with E-state index in [-0.39, 0.29) is 78.3 Å². The molecule has 0 spiro atoms. The van der Waals surface area contributed by atoms with E-state index >= 15 is 0 Å². The number of unbranched alkanes of at least 4 members (excludes halogenated alkanes) is 1. The molecule has 5 rings (SSSR count). The number of anilines is 1. The third-order valence-electron chi connectivity index (χ3n) is 7.41. The molecule has 0 bridgehead atoms. The van der Waals surface area contributed by atoms with Gasteiger partial charge in [0, 0.05) is 18.0 Å². The number of tetrazole rings is 1. The third-order valence-corrected chi connectivity index (χ3v) is 8.67. The van der Waals surface area contributed by atoms with Gasteiger partial charge in [0.05, 0.1) is 24.5 Å². The normalized spacial score (nSPS) is 12.0. The first-order chi connectivity index (χ1) is 27.9. The fraction of sp³-hybridized carbons (Fsp3) is 0.312. The van der Waals surface area contributed by atoms with Crippen molar-refractivity contribution < 1.29 is 67.4 Å². The number of carbonyl (C=O) groups excluding carboxylic acids is 1. The van der Waals surface area contributed by atoms with Crippen LogP contribution in [0.4, 0.5) is 10.6 Å². The van der Waals surface area contributed by atoms with Crippen LogP contribution in [0.15, 0.2) is 66.0 Å². The van der Waals surface area contributed by atoms with Crippen LogP contribution in [-0.4, -0.2) is 126 Å². The van der Waals surface area contributed by atoms with Gasteiger partial charge in [-0.15, -0.1) is 5.10 Å². The van der Waals surface area contributed by atoms with E-state index in [1.807, 2.05) is 0 Å². The fourth-order valence-corrected chi connectivity index (χ4v) is 5.71. The first-order valence-electron chi connectivity index (χ1n) is 16.9. The quantitative estimate of drug-likeness (QED) is 0.0331. The topological polar surface area (TPSA) is 321 Å². The number of rotatable bonds is 22. The van der Waals surface area contributed by atoms with Gasteiger partial charge in [0.25, 0.3) is 15.9 Å². The minimum atomic E-state index is -4.39. The summed E-state index contributed by atoms with van der Waals surface area (Å²) >= 11 is 0. The number of hydrogen-bond donors (Lipinski definition) is 6. The van der Waals surface area contributed by atoms with Crippen molar-refractivity contribution >= 4 is 22.0 Å². The molecule has 0 aliphatic carbocycles. The second-order valence-corrected chi connectivity index (χ2v) is 13.2. The number of pyridine rings is 2. The van der Waals surface area contributed by atoms with Gasteiger partial charge in [0.2, 0.25) is 5.75 Å². The van der Waals surface area contributed by atoms with Gasteiger partial charge in [-0.05, 0) is 72.5 Å². The predicted molar refractivity (Wildman–Crippen MR) is 190 cm³/mol. The van der Waals surface area contributed by atoms with Crippen molar-refractivity contribution in [3.8, 4) is 46.0 Å². The van der Waals surface area contributed by atoms with Crippen molar-refractivity contribution in [2.75, 3.05) is 38.3 Å². The summed E-state index contributed by atoms with van der Waals surface area (Å²) in [5.41, 5.74) is 1.37. The molecule has 1 atom stereocenters. The van der Waals surface area contributed by atoms with Gasteiger partial charge < -0.3 is 23.7 Å². The summed E-state index contributed by atoms with van der Waals surface area (Å²) in [6.07, 6.45) is 1.51. The number of sulfonamides is 1. The summed E-state index contributed by atoms with van der Waals surface area (Å²) in [5, 5.41) is 47.3. The lowest BCUT2D eigenvalue weighted by Crippen LogP contribution is -2.31. The van der Waals surface area contributed by atoms with Crippen LogP contribution in [0.5, 0.6) is 23.1 Å². The van der Waals surface area contributed by atoms with Crippen molar-refractivity contribution in [2.45, 2.75) is 37.3 Å². The molecule has 0 saturated carbocycles. The maximum atomic E-state index is 13.7. The highest BCUT2D eigenvalue weighted by molar-refractivity contribution is 7.92. The van der Waals surface area contributed by atoms with Crippen LogP contribution in [0.25, 0.3) is 22.9 Å². The van der Waals surface area contributed by atoms with Crippen molar-refractivity contribution in [3.05, 3.63) is 66.5 Å².